The highest BCUT2D eigenvalue weighted by Crippen LogP contribution is 2.46. The quantitative estimate of drug-likeness (QED) is 0.873. The lowest BCUT2D eigenvalue weighted by atomic mass is 9.63. The van der Waals surface area contributed by atoms with Crippen molar-refractivity contribution in [3.05, 3.63) is 35.9 Å². The lowest BCUT2D eigenvalue weighted by Crippen LogP contribution is -2.45. The molecule has 1 fully saturated rings. The van der Waals surface area contributed by atoms with E-state index in [4.69, 9.17) is 0 Å². The molecule has 2 nitrogen and oxygen atoms in total. The minimum absolute atomic E-state index is 0.0471. The third kappa shape index (κ3) is 4.07. The Morgan fingerprint density at radius 1 is 1.10 bits per heavy atom. The molecule has 2 heteroatoms. The summed E-state index contributed by atoms with van der Waals surface area (Å²) in [6, 6.07) is 10.8. The average molecular weight is 275 g/mol. The second kappa shape index (κ2) is 5.87. The molecule has 0 aromatic heterocycles. The first-order valence-electron chi connectivity index (χ1n) is 7.73. The maximum absolute atomic E-state index is 9.71. The number of aliphatic hydroxyl groups is 1. The van der Waals surface area contributed by atoms with Crippen molar-refractivity contribution in [2.45, 2.75) is 59.0 Å². The summed E-state index contributed by atoms with van der Waals surface area (Å²) in [7, 11) is 0. The zero-order valence-corrected chi connectivity index (χ0v) is 13.3. The third-order valence-corrected chi connectivity index (χ3v) is 4.38. The van der Waals surface area contributed by atoms with Gasteiger partial charge in [-0.1, -0.05) is 58.0 Å². The van der Waals surface area contributed by atoms with Gasteiger partial charge in [0.05, 0.1) is 12.6 Å². The first kappa shape index (κ1) is 15.5. The van der Waals surface area contributed by atoms with Crippen LogP contribution in [0.4, 0.5) is 0 Å². The van der Waals surface area contributed by atoms with Crippen molar-refractivity contribution in [2.75, 3.05) is 6.61 Å². The van der Waals surface area contributed by atoms with E-state index in [9.17, 15) is 5.11 Å². The minimum atomic E-state index is 0.0471. The van der Waals surface area contributed by atoms with Crippen molar-refractivity contribution < 1.29 is 5.11 Å². The topological polar surface area (TPSA) is 32.3 Å². The second-order valence-electron chi connectivity index (χ2n) is 7.92. The molecule has 1 aliphatic rings. The van der Waals surface area contributed by atoms with Crippen LogP contribution in [-0.4, -0.2) is 17.8 Å². The van der Waals surface area contributed by atoms with Gasteiger partial charge in [0.15, 0.2) is 0 Å². The van der Waals surface area contributed by atoms with Gasteiger partial charge in [-0.25, -0.2) is 0 Å². The van der Waals surface area contributed by atoms with Crippen molar-refractivity contribution in [1.29, 1.82) is 0 Å². The normalized spacial score (nSPS) is 23.4. The molecule has 1 aromatic rings. The average Bonchev–Trinajstić information content (AvgIpc) is 2.33. The van der Waals surface area contributed by atoms with Crippen molar-refractivity contribution >= 4 is 0 Å². The SMILES string of the molecule is CC1(C)CC(N[C@@H](CO)c2ccccc2)CC(C)(C)C1. The summed E-state index contributed by atoms with van der Waals surface area (Å²) in [5.74, 6) is 0. The van der Waals surface area contributed by atoms with Gasteiger partial charge in [-0.2, -0.15) is 0 Å². The van der Waals surface area contributed by atoms with Gasteiger partial charge in [0.2, 0.25) is 0 Å². The Labute approximate surface area is 123 Å². The largest absolute Gasteiger partial charge is 0.394 e. The maximum atomic E-state index is 9.71. The fourth-order valence-corrected chi connectivity index (χ4v) is 4.19. The van der Waals surface area contributed by atoms with E-state index in [1.54, 1.807) is 0 Å². The molecule has 0 bridgehead atoms. The van der Waals surface area contributed by atoms with Crippen LogP contribution in [0, 0.1) is 10.8 Å². The molecule has 2 rings (SSSR count). The van der Waals surface area contributed by atoms with Crippen LogP contribution in [0.2, 0.25) is 0 Å². The van der Waals surface area contributed by atoms with Crippen molar-refractivity contribution in [3.8, 4) is 0 Å². The summed E-state index contributed by atoms with van der Waals surface area (Å²) in [5.41, 5.74) is 1.92. The molecular formula is C18H29NO. The van der Waals surface area contributed by atoms with Gasteiger partial charge in [0.25, 0.3) is 0 Å². The molecule has 112 valence electrons. The van der Waals surface area contributed by atoms with Gasteiger partial charge >= 0.3 is 0 Å². The summed E-state index contributed by atoms with van der Waals surface area (Å²) >= 11 is 0. The Balaban J connectivity index is 2.08. The lowest BCUT2D eigenvalue weighted by molar-refractivity contribution is 0.0749. The Kier molecular flexibility index (Phi) is 4.55. The van der Waals surface area contributed by atoms with Crippen molar-refractivity contribution in [3.63, 3.8) is 0 Å². The zero-order valence-electron chi connectivity index (χ0n) is 13.3. The Morgan fingerprint density at radius 3 is 2.15 bits per heavy atom. The first-order valence-corrected chi connectivity index (χ1v) is 7.73. The summed E-state index contributed by atoms with van der Waals surface area (Å²) < 4.78 is 0. The van der Waals surface area contributed by atoms with Crippen LogP contribution in [0.3, 0.4) is 0 Å². The summed E-state index contributed by atoms with van der Waals surface area (Å²) in [4.78, 5) is 0. The molecule has 2 N–H and O–H groups in total. The van der Waals surface area contributed by atoms with E-state index in [1.165, 1.54) is 24.8 Å². The Bertz CT molecular complexity index is 408. The van der Waals surface area contributed by atoms with Gasteiger partial charge < -0.3 is 10.4 Å². The third-order valence-electron chi connectivity index (χ3n) is 4.38. The van der Waals surface area contributed by atoms with Crippen LogP contribution in [0.1, 0.15) is 58.6 Å². The molecule has 1 aromatic carbocycles. The summed E-state index contributed by atoms with van der Waals surface area (Å²) in [5, 5.41) is 13.4. The molecule has 1 atom stereocenters. The molecule has 0 spiro atoms. The van der Waals surface area contributed by atoms with Crippen LogP contribution in [0.25, 0.3) is 0 Å². The summed E-state index contributed by atoms with van der Waals surface area (Å²) in [6.45, 7) is 9.59. The number of nitrogens with one attached hydrogen (secondary N) is 1. The lowest BCUT2D eigenvalue weighted by Gasteiger charge is -2.46. The van der Waals surface area contributed by atoms with Gasteiger partial charge in [0.1, 0.15) is 0 Å². The molecule has 0 radical (unpaired) electrons. The standard InChI is InChI=1S/C18H29NO/c1-17(2)10-15(11-18(3,4)13-17)19-16(12-20)14-8-6-5-7-9-14/h5-9,15-16,19-20H,10-13H2,1-4H3/t16-/m0/s1. The maximum Gasteiger partial charge on any atom is 0.0626 e. The number of aliphatic hydroxyl groups excluding tert-OH is 1. The van der Waals surface area contributed by atoms with Crippen molar-refractivity contribution in [1.82, 2.24) is 5.32 Å². The van der Waals surface area contributed by atoms with E-state index in [1.807, 2.05) is 18.2 Å². The smallest absolute Gasteiger partial charge is 0.0626 e. The molecular weight excluding hydrogens is 246 g/mol. The van der Waals surface area contributed by atoms with E-state index in [2.05, 4.69) is 45.1 Å². The van der Waals surface area contributed by atoms with Crippen LogP contribution >= 0.6 is 0 Å². The molecule has 1 aliphatic carbocycles. The van der Waals surface area contributed by atoms with E-state index in [0.29, 0.717) is 16.9 Å². The predicted octanol–water partition coefficient (Wildman–Crippen LogP) is 3.91. The van der Waals surface area contributed by atoms with E-state index >= 15 is 0 Å². The monoisotopic (exact) mass is 275 g/mol. The molecule has 20 heavy (non-hydrogen) atoms. The highest BCUT2D eigenvalue weighted by Gasteiger charge is 2.38. The van der Waals surface area contributed by atoms with Crippen LogP contribution in [-0.2, 0) is 0 Å². The predicted molar refractivity (Wildman–Crippen MR) is 84.6 cm³/mol. The molecule has 0 unspecified atom stereocenters. The van der Waals surface area contributed by atoms with Crippen LogP contribution in [0.15, 0.2) is 30.3 Å². The van der Waals surface area contributed by atoms with Crippen molar-refractivity contribution in [2.24, 2.45) is 10.8 Å². The number of hydrogen-bond donors (Lipinski definition) is 2. The van der Waals surface area contributed by atoms with Crippen LogP contribution < -0.4 is 5.32 Å². The molecule has 0 aliphatic heterocycles. The van der Waals surface area contributed by atoms with E-state index < -0.39 is 0 Å². The fraction of sp³-hybridized carbons (Fsp3) is 0.667. The van der Waals surface area contributed by atoms with Gasteiger partial charge in [0, 0.05) is 6.04 Å². The number of rotatable bonds is 4. The fourth-order valence-electron chi connectivity index (χ4n) is 4.19. The molecule has 0 amide bonds. The van der Waals surface area contributed by atoms with Gasteiger partial charge in [-0.3, -0.25) is 0 Å². The Hall–Kier alpha value is -0.860. The van der Waals surface area contributed by atoms with E-state index in [-0.39, 0.29) is 12.6 Å². The number of hydrogen-bond acceptors (Lipinski definition) is 2. The van der Waals surface area contributed by atoms with Crippen LogP contribution in [0.5, 0.6) is 0 Å². The molecule has 1 saturated carbocycles. The van der Waals surface area contributed by atoms with Gasteiger partial charge in [-0.05, 0) is 35.7 Å². The van der Waals surface area contributed by atoms with Gasteiger partial charge in [-0.15, -0.1) is 0 Å². The second-order valence-corrected chi connectivity index (χ2v) is 7.92. The summed E-state index contributed by atoms with van der Waals surface area (Å²) in [6.07, 6.45) is 3.63. The van der Waals surface area contributed by atoms with E-state index in [0.717, 1.165) is 0 Å². The highest BCUT2D eigenvalue weighted by molar-refractivity contribution is 5.19. The first-order chi connectivity index (χ1) is 9.31. The molecule has 0 heterocycles. The zero-order chi connectivity index (χ0) is 14.8. The molecule has 0 saturated heterocycles. The highest BCUT2D eigenvalue weighted by atomic mass is 16.3. The minimum Gasteiger partial charge on any atom is -0.394 e. The Morgan fingerprint density at radius 2 is 1.65 bits per heavy atom. The number of benzene rings is 1.